The molecular weight excluding hydrogens is 352 g/mol. The summed E-state index contributed by atoms with van der Waals surface area (Å²) in [6, 6.07) is 0. The van der Waals surface area contributed by atoms with Crippen LogP contribution in [0.4, 0.5) is 0 Å². The fourth-order valence-corrected chi connectivity index (χ4v) is 6.71. The second-order valence-electron chi connectivity index (χ2n) is 7.07. The SMILES string of the molecule is BrC1C[C@H]2CC[C@@H]1CC[C@@H]1CC[C@H](CC2)[C@H](Br)C1. The van der Waals surface area contributed by atoms with Gasteiger partial charge in [0.05, 0.1) is 0 Å². The fraction of sp³-hybridized carbons (Fsp3) is 1.00. The van der Waals surface area contributed by atoms with Gasteiger partial charge in [-0.2, -0.15) is 0 Å². The predicted molar refractivity (Wildman–Crippen MR) is 85.6 cm³/mol. The predicted octanol–water partition coefficient (Wildman–Crippen LogP) is 5.92. The van der Waals surface area contributed by atoms with Crippen LogP contribution in [-0.4, -0.2) is 9.65 Å². The van der Waals surface area contributed by atoms with Gasteiger partial charge in [0, 0.05) is 9.65 Å². The number of hydrogen-bond donors (Lipinski definition) is 0. The molecule has 104 valence electrons. The molecular formula is C16H26Br2. The summed E-state index contributed by atoms with van der Waals surface area (Å²) in [7, 11) is 0. The Labute approximate surface area is 129 Å². The Balaban J connectivity index is 1.70. The maximum atomic E-state index is 3.99. The summed E-state index contributed by atoms with van der Waals surface area (Å²) in [6.07, 6.45) is 14.9. The van der Waals surface area contributed by atoms with Gasteiger partial charge in [-0.1, -0.05) is 57.5 Å². The van der Waals surface area contributed by atoms with E-state index in [1.54, 1.807) is 0 Å². The topological polar surface area (TPSA) is 0 Å². The van der Waals surface area contributed by atoms with Crippen LogP contribution in [-0.2, 0) is 0 Å². The van der Waals surface area contributed by atoms with E-state index in [0.29, 0.717) is 0 Å². The Morgan fingerprint density at radius 1 is 0.500 bits per heavy atom. The van der Waals surface area contributed by atoms with Crippen LogP contribution >= 0.6 is 31.9 Å². The van der Waals surface area contributed by atoms with Crippen LogP contribution in [0.15, 0.2) is 0 Å². The lowest BCUT2D eigenvalue weighted by Crippen LogP contribution is -2.31. The van der Waals surface area contributed by atoms with Crippen LogP contribution in [0.1, 0.15) is 64.2 Å². The zero-order chi connectivity index (χ0) is 12.5. The maximum Gasteiger partial charge on any atom is 0.0176 e. The summed E-state index contributed by atoms with van der Waals surface area (Å²) in [6.45, 7) is 0. The van der Waals surface area contributed by atoms with E-state index in [1.165, 1.54) is 64.2 Å². The van der Waals surface area contributed by atoms with Gasteiger partial charge in [-0.05, 0) is 62.2 Å². The third kappa shape index (κ3) is 3.16. The first-order chi connectivity index (χ1) is 8.72. The van der Waals surface area contributed by atoms with E-state index in [4.69, 9.17) is 0 Å². The van der Waals surface area contributed by atoms with E-state index in [1.807, 2.05) is 0 Å². The van der Waals surface area contributed by atoms with Crippen LogP contribution in [0, 0.1) is 23.7 Å². The van der Waals surface area contributed by atoms with Crippen molar-refractivity contribution in [3.63, 3.8) is 0 Å². The molecule has 6 aliphatic rings. The van der Waals surface area contributed by atoms with E-state index in [0.717, 1.165) is 33.3 Å². The number of hydrogen-bond acceptors (Lipinski definition) is 0. The molecule has 0 saturated heterocycles. The highest BCUT2D eigenvalue weighted by atomic mass is 79.9. The van der Waals surface area contributed by atoms with Gasteiger partial charge in [-0.25, -0.2) is 0 Å². The van der Waals surface area contributed by atoms with Gasteiger partial charge in [0.25, 0.3) is 0 Å². The molecule has 0 nitrogen and oxygen atoms in total. The zero-order valence-electron chi connectivity index (χ0n) is 11.3. The highest BCUT2D eigenvalue weighted by molar-refractivity contribution is 9.09. The quantitative estimate of drug-likeness (QED) is 0.459. The normalized spacial score (nSPS) is 49.7. The molecule has 0 aromatic rings. The van der Waals surface area contributed by atoms with Gasteiger partial charge in [0.15, 0.2) is 0 Å². The second-order valence-corrected chi connectivity index (χ2v) is 9.42. The summed E-state index contributed by atoms with van der Waals surface area (Å²) >= 11 is 7.98. The molecule has 6 aliphatic carbocycles. The van der Waals surface area contributed by atoms with Crippen molar-refractivity contribution >= 4 is 31.9 Å². The zero-order valence-corrected chi connectivity index (χ0v) is 14.5. The van der Waals surface area contributed by atoms with Crippen LogP contribution in [0.3, 0.4) is 0 Å². The molecule has 6 atom stereocenters. The summed E-state index contributed by atoms with van der Waals surface area (Å²) in [5, 5.41) is 0. The van der Waals surface area contributed by atoms with Gasteiger partial charge in [0.2, 0.25) is 0 Å². The summed E-state index contributed by atoms with van der Waals surface area (Å²) in [5.74, 6) is 3.99. The number of rotatable bonds is 0. The van der Waals surface area contributed by atoms with Gasteiger partial charge in [0.1, 0.15) is 0 Å². The number of alkyl halides is 2. The van der Waals surface area contributed by atoms with Crippen LogP contribution in [0.5, 0.6) is 0 Å². The van der Waals surface area contributed by atoms with E-state index in [2.05, 4.69) is 31.9 Å². The van der Waals surface area contributed by atoms with Crippen molar-refractivity contribution in [2.45, 2.75) is 73.9 Å². The van der Waals surface area contributed by atoms with Crippen molar-refractivity contribution in [1.82, 2.24) is 0 Å². The minimum Gasteiger partial charge on any atom is -0.0888 e. The Kier molecular flexibility index (Phi) is 4.76. The van der Waals surface area contributed by atoms with Crippen LogP contribution in [0.2, 0.25) is 0 Å². The van der Waals surface area contributed by atoms with Crippen LogP contribution < -0.4 is 0 Å². The van der Waals surface area contributed by atoms with Gasteiger partial charge in [-0.15, -0.1) is 0 Å². The maximum absolute atomic E-state index is 3.99. The summed E-state index contributed by atoms with van der Waals surface area (Å²) < 4.78 is 0. The first kappa shape index (κ1) is 13.9. The van der Waals surface area contributed by atoms with Gasteiger partial charge in [-0.3, -0.25) is 0 Å². The molecule has 6 saturated carbocycles. The fourth-order valence-electron chi connectivity index (χ4n) is 4.59. The molecule has 6 rings (SSSR count). The van der Waals surface area contributed by atoms with Crippen molar-refractivity contribution in [2.75, 3.05) is 0 Å². The van der Waals surface area contributed by atoms with Gasteiger partial charge < -0.3 is 0 Å². The van der Waals surface area contributed by atoms with Crippen molar-refractivity contribution in [1.29, 1.82) is 0 Å². The molecule has 18 heavy (non-hydrogen) atoms. The first-order valence-corrected chi connectivity index (χ1v) is 9.83. The molecule has 2 heteroatoms. The molecule has 0 N–H and O–H groups in total. The Morgan fingerprint density at radius 3 is 1.11 bits per heavy atom. The molecule has 0 aromatic heterocycles. The minimum atomic E-state index is 0.828. The second kappa shape index (κ2) is 6.16. The smallest absolute Gasteiger partial charge is 0.0176 e. The summed E-state index contributed by atoms with van der Waals surface area (Å²) in [5.41, 5.74) is 0. The van der Waals surface area contributed by atoms with Crippen molar-refractivity contribution in [3.8, 4) is 0 Å². The molecule has 0 amide bonds. The van der Waals surface area contributed by atoms with Crippen molar-refractivity contribution in [2.24, 2.45) is 23.7 Å². The molecule has 0 aromatic carbocycles. The van der Waals surface area contributed by atoms with E-state index in [9.17, 15) is 0 Å². The molecule has 0 aliphatic heterocycles. The third-order valence-corrected chi connectivity index (χ3v) is 8.17. The van der Waals surface area contributed by atoms with Crippen molar-refractivity contribution in [3.05, 3.63) is 0 Å². The molecule has 0 heterocycles. The Hall–Kier alpha value is 0.960. The standard InChI is InChI=1S/C16H26Br2/c17-15-9-11-1-5-13(15)8-4-12-2-6-14(7-3-11)16(18)10-12/h11-16H,1-10H2/t11-,12-,13+,14+,15+,16?/m0/s1. The molecule has 4 bridgehead atoms. The van der Waals surface area contributed by atoms with Crippen LogP contribution in [0.25, 0.3) is 0 Å². The molecule has 1 unspecified atom stereocenters. The highest BCUT2D eigenvalue weighted by Gasteiger charge is 2.34. The molecule has 0 spiro atoms. The lowest BCUT2D eigenvalue weighted by Gasteiger charge is -2.39. The number of halogens is 2. The third-order valence-electron chi connectivity index (χ3n) is 5.92. The van der Waals surface area contributed by atoms with E-state index < -0.39 is 0 Å². The average Bonchev–Trinajstić information content (AvgIpc) is 2.34. The van der Waals surface area contributed by atoms with Gasteiger partial charge >= 0.3 is 0 Å². The monoisotopic (exact) mass is 376 g/mol. The van der Waals surface area contributed by atoms with E-state index in [-0.39, 0.29) is 0 Å². The highest BCUT2D eigenvalue weighted by Crippen LogP contribution is 2.45. The molecule has 6 fully saturated rings. The summed E-state index contributed by atoms with van der Waals surface area (Å²) in [4.78, 5) is 1.66. The average molecular weight is 378 g/mol. The largest absolute Gasteiger partial charge is 0.0888 e. The van der Waals surface area contributed by atoms with Crippen molar-refractivity contribution < 1.29 is 0 Å². The first-order valence-electron chi connectivity index (χ1n) is 8.00. The lowest BCUT2D eigenvalue weighted by atomic mass is 9.71. The molecule has 0 radical (unpaired) electrons. The Bertz CT molecular complexity index is 250. The lowest BCUT2D eigenvalue weighted by molar-refractivity contribution is 0.187. The Morgan fingerprint density at radius 2 is 0.833 bits per heavy atom. The minimum absolute atomic E-state index is 0.828. The van der Waals surface area contributed by atoms with E-state index >= 15 is 0 Å².